The van der Waals surface area contributed by atoms with E-state index in [4.69, 9.17) is 9.47 Å². The fourth-order valence-electron chi connectivity index (χ4n) is 3.33. The summed E-state index contributed by atoms with van der Waals surface area (Å²) in [6.45, 7) is 6.46. The van der Waals surface area contributed by atoms with Crippen molar-refractivity contribution in [2.75, 3.05) is 20.3 Å². The first-order valence-corrected chi connectivity index (χ1v) is 10.6. The van der Waals surface area contributed by atoms with Crippen molar-refractivity contribution >= 4 is 12.1 Å². The van der Waals surface area contributed by atoms with E-state index in [9.17, 15) is 14.0 Å². The van der Waals surface area contributed by atoms with E-state index in [0.29, 0.717) is 42.0 Å². The zero-order valence-corrected chi connectivity index (χ0v) is 18.9. The van der Waals surface area contributed by atoms with Gasteiger partial charge in [-0.1, -0.05) is 6.07 Å². The van der Waals surface area contributed by atoms with Crippen LogP contribution in [0.15, 0.2) is 36.7 Å². The molecule has 32 heavy (non-hydrogen) atoms. The predicted molar refractivity (Wildman–Crippen MR) is 117 cm³/mol. The molecule has 2 heterocycles. The number of benzene rings is 1. The van der Waals surface area contributed by atoms with E-state index >= 15 is 0 Å². The van der Waals surface area contributed by atoms with Crippen LogP contribution in [0.3, 0.4) is 0 Å². The van der Waals surface area contributed by atoms with Crippen molar-refractivity contribution < 1.29 is 28.2 Å². The van der Waals surface area contributed by atoms with Crippen LogP contribution >= 0.6 is 0 Å². The number of carbonyl (C=O) groups excluding carboxylic acids is 2. The van der Waals surface area contributed by atoms with Crippen molar-refractivity contribution in [1.82, 2.24) is 9.88 Å². The highest BCUT2D eigenvalue weighted by molar-refractivity contribution is 5.70. The summed E-state index contributed by atoms with van der Waals surface area (Å²) in [4.78, 5) is 29.5. The molecule has 1 aliphatic heterocycles. The van der Waals surface area contributed by atoms with Gasteiger partial charge in [0, 0.05) is 24.7 Å². The lowest BCUT2D eigenvalue weighted by Gasteiger charge is -2.40. The maximum absolute atomic E-state index is 14.1. The number of hydrogen-bond acceptors (Lipinski definition) is 6. The van der Waals surface area contributed by atoms with Crippen LogP contribution in [-0.2, 0) is 20.7 Å². The molecule has 1 aromatic carbocycles. The number of halogens is 1. The second kappa shape index (κ2) is 9.97. The lowest BCUT2D eigenvalue weighted by atomic mass is 10.0. The average molecular weight is 445 g/mol. The Morgan fingerprint density at radius 3 is 2.59 bits per heavy atom. The molecule has 0 bridgehead atoms. The lowest BCUT2D eigenvalue weighted by Crippen LogP contribution is -2.55. The fraction of sp³-hybridized carbons (Fsp3) is 0.458. The lowest BCUT2D eigenvalue weighted by molar-refractivity contribution is -0.140. The van der Waals surface area contributed by atoms with Gasteiger partial charge in [0.2, 0.25) is 0 Å². The smallest absolute Gasteiger partial charge is 0.410 e. The second-order valence-corrected chi connectivity index (χ2v) is 8.76. The van der Waals surface area contributed by atoms with E-state index < -0.39 is 11.4 Å². The Morgan fingerprint density at radius 2 is 1.94 bits per heavy atom. The Labute approximate surface area is 187 Å². The Hall–Kier alpha value is -3.16. The number of rotatable bonds is 7. The SMILES string of the molecule is COC(=O)CCc1cc(F)cc(-c2cncc(OC[C@@H]3CCN3C(=O)OC(C)(C)C)c2)c1. The number of pyridine rings is 1. The van der Waals surface area contributed by atoms with E-state index in [1.165, 1.54) is 19.2 Å². The summed E-state index contributed by atoms with van der Waals surface area (Å²) >= 11 is 0. The molecule has 1 amide bonds. The number of esters is 1. The first-order chi connectivity index (χ1) is 15.1. The minimum Gasteiger partial charge on any atom is -0.490 e. The minimum atomic E-state index is -0.545. The number of ether oxygens (including phenoxy) is 3. The zero-order valence-electron chi connectivity index (χ0n) is 18.9. The van der Waals surface area contributed by atoms with Crippen LogP contribution in [0.2, 0.25) is 0 Å². The summed E-state index contributed by atoms with van der Waals surface area (Å²) in [6, 6.07) is 6.36. The van der Waals surface area contributed by atoms with E-state index in [1.807, 2.05) is 26.8 Å². The molecule has 1 aliphatic rings. The van der Waals surface area contributed by atoms with Crippen LogP contribution in [0.4, 0.5) is 9.18 Å². The topological polar surface area (TPSA) is 78.0 Å². The van der Waals surface area contributed by atoms with Gasteiger partial charge >= 0.3 is 12.1 Å². The highest BCUT2D eigenvalue weighted by Gasteiger charge is 2.35. The fourth-order valence-corrected chi connectivity index (χ4v) is 3.33. The van der Waals surface area contributed by atoms with E-state index in [0.717, 1.165) is 6.42 Å². The third-order valence-corrected chi connectivity index (χ3v) is 5.06. The minimum absolute atomic E-state index is 0.0624. The van der Waals surface area contributed by atoms with Crippen LogP contribution in [0.5, 0.6) is 5.75 Å². The summed E-state index contributed by atoms with van der Waals surface area (Å²) in [5, 5.41) is 0. The molecule has 3 rings (SSSR count). The van der Waals surface area contributed by atoms with Crippen molar-refractivity contribution in [3.8, 4) is 16.9 Å². The molecular formula is C24H29FN2O5. The van der Waals surface area contributed by atoms with Crippen LogP contribution in [0, 0.1) is 5.82 Å². The van der Waals surface area contributed by atoms with Gasteiger partial charge in [-0.2, -0.15) is 0 Å². The normalized spacial score (nSPS) is 15.7. The first-order valence-electron chi connectivity index (χ1n) is 10.6. The van der Waals surface area contributed by atoms with Crippen molar-refractivity contribution in [3.63, 3.8) is 0 Å². The Kier molecular flexibility index (Phi) is 7.33. The number of amides is 1. The third kappa shape index (κ3) is 6.42. The molecule has 0 saturated carbocycles. The second-order valence-electron chi connectivity index (χ2n) is 8.76. The molecular weight excluding hydrogens is 415 g/mol. The summed E-state index contributed by atoms with van der Waals surface area (Å²) in [7, 11) is 1.33. The van der Waals surface area contributed by atoms with E-state index in [2.05, 4.69) is 9.72 Å². The number of likely N-dealkylation sites (tertiary alicyclic amines) is 1. The summed E-state index contributed by atoms with van der Waals surface area (Å²) < 4.78 is 30.1. The quantitative estimate of drug-likeness (QED) is 0.590. The molecule has 1 atom stereocenters. The van der Waals surface area contributed by atoms with Gasteiger partial charge in [-0.25, -0.2) is 9.18 Å². The highest BCUT2D eigenvalue weighted by Crippen LogP contribution is 2.27. The van der Waals surface area contributed by atoms with Crippen LogP contribution in [0.25, 0.3) is 11.1 Å². The van der Waals surface area contributed by atoms with Gasteiger partial charge in [0.1, 0.15) is 23.8 Å². The predicted octanol–water partition coefficient (Wildman–Crippen LogP) is 4.38. The van der Waals surface area contributed by atoms with Crippen molar-refractivity contribution in [2.24, 2.45) is 0 Å². The molecule has 0 radical (unpaired) electrons. The number of aryl methyl sites for hydroxylation is 1. The third-order valence-electron chi connectivity index (χ3n) is 5.06. The molecule has 0 spiro atoms. The Morgan fingerprint density at radius 1 is 1.16 bits per heavy atom. The molecule has 1 fully saturated rings. The molecule has 0 aliphatic carbocycles. The number of hydrogen-bond donors (Lipinski definition) is 0. The molecule has 1 aromatic heterocycles. The molecule has 7 nitrogen and oxygen atoms in total. The van der Waals surface area contributed by atoms with Crippen molar-refractivity contribution in [3.05, 3.63) is 48.0 Å². The standard InChI is InChI=1S/C24H29FN2O5/c1-24(2,3)32-23(29)27-8-7-20(27)15-31-21-12-18(13-26-14-21)17-9-16(10-19(25)11-17)5-6-22(28)30-4/h9-14,20H,5-8,15H2,1-4H3/t20-/m0/s1. The van der Waals surface area contributed by atoms with Crippen LogP contribution in [-0.4, -0.2) is 53.9 Å². The molecule has 1 saturated heterocycles. The van der Waals surface area contributed by atoms with Crippen LogP contribution < -0.4 is 4.74 Å². The monoisotopic (exact) mass is 444 g/mol. The highest BCUT2D eigenvalue weighted by atomic mass is 19.1. The number of nitrogens with zero attached hydrogens (tertiary/aromatic N) is 2. The summed E-state index contributed by atoms with van der Waals surface area (Å²) in [5.74, 6) is -0.209. The van der Waals surface area contributed by atoms with Gasteiger partial charge in [-0.05, 0) is 62.9 Å². The number of methoxy groups -OCH3 is 1. The first kappa shape index (κ1) is 23.5. The number of aromatic nitrogens is 1. The summed E-state index contributed by atoms with van der Waals surface area (Å²) in [6.07, 6.45) is 4.25. The van der Waals surface area contributed by atoms with E-state index in [-0.39, 0.29) is 24.5 Å². The maximum Gasteiger partial charge on any atom is 0.410 e. The zero-order chi connectivity index (χ0) is 23.3. The van der Waals surface area contributed by atoms with Gasteiger partial charge in [0.25, 0.3) is 0 Å². The molecule has 0 unspecified atom stereocenters. The van der Waals surface area contributed by atoms with Gasteiger partial charge in [-0.15, -0.1) is 0 Å². The maximum atomic E-state index is 14.1. The van der Waals surface area contributed by atoms with Crippen molar-refractivity contribution in [2.45, 2.75) is 51.7 Å². The van der Waals surface area contributed by atoms with E-state index in [1.54, 1.807) is 23.4 Å². The Bertz CT molecular complexity index is 973. The number of carbonyl (C=O) groups is 2. The van der Waals surface area contributed by atoms with Gasteiger partial charge in [0.05, 0.1) is 19.3 Å². The van der Waals surface area contributed by atoms with Gasteiger partial charge in [-0.3, -0.25) is 9.78 Å². The molecule has 8 heteroatoms. The molecule has 0 N–H and O–H groups in total. The molecule has 2 aromatic rings. The van der Waals surface area contributed by atoms with Gasteiger partial charge < -0.3 is 19.1 Å². The Balaban J connectivity index is 1.64. The van der Waals surface area contributed by atoms with Gasteiger partial charge in [0.15, 0.2) is 0 Å². The molecule has 172 valence electrons. The summed E-state index contributed by atoms with van der Waals surface area (Å²) in [5.41, 5.74) is 1.48. The largest absolute Gasteiger partial charge is 0.490 e. The van der Waals surface area contributed by atoms with Crippen LogP contribution in [0.1, 0.15) is 39.2 Å². The van der Waals surface area contributed by atoms with Crippen molar-refractivity contribution in [1.29, 1.82) is 0 Å². The average Bonchev–Trinajstić information content (AvgIpc) is 2.69.